The van der Waals surface area contributed by atoms with Crippen molar-refractivity contribution in [2.75, 3.05) is 6.54 Å². The maximum absolute atomic E-state index is 11.2. The third-order valence-corrected chi connectivity index (χ3v) is 4.54. The fourth-order valence-electron chi connectivity index (χ4n) is 3.07. The smallest absolute Gasteiger partial charge is 0.308 e. The molecule has 1 aromatic carbocycles. The lowest BCUT2D eigenvalue weighted by atomic mass is 10.0. The van der Waals surface area contributed by atoms with E-state index in [1.165, 1.54) is 5.56 Å². The Hall–Kier alpha value is -1.52. The van der Waals surface area contributed by atoms with Crippen LogP contribution in [0.15, 0.2) is 24.4 Å². The molecule has 0 bridgehead atoms. The van der Waals surface area contributed by atoms with Crippen molar-refractivity contribution in [1.29, 1.82) is 0 Å². The van der Waals surface area contributed by atoms with Gasteiger partial charge in [-0.2, -0.15) is 0 Å². The number of aliphatic carboxylic acids is 1. The van der Waals surface area contributed by atoms with E-state index < -0.39 is 5.97 Å². The van der Waals surface area contributed by atoms with E-state index in [0.717, 1.165) is 30.4 Å². The van der Waals surface area contributed by atoms with Crippen LogP contribution in [0.1, 0.15) is 18.9 Å². The zero-order chi connectivity index (χ0) is 14.3. The standard InChI is InChI=1S/C15H17ClN2O2/c1-9-12(15(19)20)4-5-18(9)8-10-7-17-14-6-11(16)2-3-13(10)14/h2-3,6-7,9,12,17H,4-5,8H2,1H3,(H,19,20). The van der Waals surface area contributed by atoms with Crippen molar-refractivity contribution in [3.63, 3.8) is 0 Å². The molecule has 2 aromatic rings. The topological polar surface area (TPSA) is 56.3 Å². The van der Waals surface area contributed by atoms with Crippen molar-refractivity contribution in [3.8, 4) is 0 Å². The molecule has 3 rings (SSSR count). The number of carboxylic acids is 1. The summed E-state index contributed by atoms with van der Waals surface area (Å²) in [4.78, 5) is 16.6. The maximum atomic E-state index is 11.2. The average Bonchev–Trinajstić information content (AvgIpc) is 2.95. The molecule has 0 aliphatic carbocycles. The van der Waals surface area contributed by atoms with Crippen molar-refractivity contribution in [2.24, 2.45) is 5.92 Å². The van der Waals surface area contributed by atoms with E-state index in [-0.39, 0.29) is 12.0 Å². The average molecular weight is 293 g/mol. The van der Waals surface area contributed by atoms with Crippen molar-refractivity contribution in [3.05, 3.63) is 35.0 Å². The number of rotatable bonds is 3. The zero-order valence-corrected chi connectivity index (χ0v) is 12.0. The van der Waals surface area contributed by atoms with Gasteiger partial charge in [0.1, 0.15) is 0 Å². The molecule has 2 heterocycles. The molecule has 1 aliphatic rings. The number of likely N-dealkylation sites (tertiary alicyclic amines) is 1. The van der Waals surface area contributed by atoms with Crippen molar-refractivity contribution >= 4 is 28.5 Å². The Morgan fingerprint density at radius 3 is 3.05 bits per heavy atom. The Morgan fingerprint density at radius 1 is 1.55 bits per heavy atom. The summed E-state index contributed by atoms with van der Waals surface area (Å²) in [5.41, 5.74) is 2.21. The molecule has 2 atom stereocenters. The quantitative estimate of drug-likeness (QED) is 0.914. The van der Waals surface area contributed by atoms with Crippen molar-refractivity contribution in [2.45, 2.75) is 25.9 Å². The Morgan fingerprint density at radius 2 is 2.35 bits per heavy atom. The Bertz CT molecular complexity index is 652. The van der Waals surface area contributed by atoms with E-state index in [4.69, 9.17) is 11.6 Å². The highest BCUT2D eigenvalue weighted by Crippen LogP contribution is 2.29. The monoisotopic (exact) mass is 292 g/mol. The van der Waals surface area contributed by atoms with Gasteiger partial charge in [-0.3, -0.25) is 9.69 Å². The molecular formula is C15H17ClN2O2. The number of H-pyrrole nitrogens is 1. The van der Waals surface area contributed by atoms with Crippen LogP contribution in [0.25, 0.3) is 10.9 Å². The second-order valence-corrected chi connectivity index (χ2v) is 5.88. The second-order valence-electron chi connectivity index (χ2n) is 5.45. The Kier molecular flexibility index (Phi) is 3.44. The number of aromatic amines is 1. The van der Waals surface area contributed by atoms with Crippen LogP contribution in [-0.4, -0.2) is 33.5 Å². The summed E-state index contributed by atoms with van der Waals surface area (Å²) >= 11 is 5.98. The summed E-state index contributed by atoms with van der Waals surface area (Å²) in [6.45, 7) is 3.60. The predicted molar refractivity (Wildman–Crippen MR) is 78.9 cm³/mol. The van der Waals surface area contributed by atoms with Crippen LogP contribution in [0.4, 0.5) is 0 Å². The van der Waals surface area contributed by atoms with Crippen LogP contribution >= 0.6 is 11.6 Å². The van der Waals surface area contributed by atoms with Gasteiger partial charge in [-0.05, 0) is 37.6 Å². The number of nitrogens with one attached hydrogen (secondary N) is 1. The first kappa shape index (κ1) is 13.5. The van der Waals surface area contributed by atoms with E-state index in [9.17, 15) is 9.90 Å². The van der Waals surface area contributed by atoms with Gasteiger partial charge < -0.3 is 10.1 Å². The van der Waals surface area contributed by atoms with Crippen molar-refractivity contribution in [1.82, 2.24) is 9.88 Å². The van der Waals surface area contributed by atoms with Crippen LogP contribution in [0.2, 0.25) is 5.02 Å². The van der Waals surface area contributed by atoms with Gasteiger partial charge >= 0.3 is 5.97 Å². The number of aromatic nitrogens is 1. The molecule has 2 N–H and O–H groups in total. The summed E-state index contributed by atoms with van der Waals surface area (Å²) in [5, 5.41) is 11.0. The van der Waals surface area contributed by atoms with E-state index in [1.54, 1.807) is 0 Å². The molecule has 0 spiro atoms. The lowest BCUT2D eigenvalue weighted by Crippen LogP contribution is -2.32. The second kappa shape index (κ2) is 5.11. The summed E-state index contributed by atoms with van der Waals surface area (Å²) in [6, 6.07) is 5.88. The van der Waals surface area contributed by atoms with Crippen molar-refractivity contribution < 1.29 is 9.90 Å². The molecule has 1 saturated heterocycles. The van der Waals surface area contributed by atoms with E-state index in [1.807, 2.05) is 31.3 Å². The first-order valence-corrected chi connectivity index (χ1v) is 7.16. The van der Waals surface area contributed by atoms with Crippen LogP contribution in [0.5, 0.6) is 0 Å². The van der Waals surface area contributed by atoms with E-state index in [0.29, 0.717) is 5.02 Å². The number of fused-ring (bicyclic) bond motifs is 1. The minimum Gasteiger partial charge on any atom is -0.481 e. The maximum Gasteiger partial charge on any atom is 0.308 e. The van der Waals surface area contributed by atoms with Crippen LogP contribution in [-0.2, 0) is 11.3 Å². The molecule has 5 heteroatoms. The number of hydrogen-bond acceptors (Lipinski definition) is 2. The third kappa shape index (κ3) is 2.30. The molecule has 106 valence electrons. The van der Waals surface area contributed by atoms with Crippen LogP contribution in [0.3, 0.4) is 0 Å². The van der Waals surface area contributed by atoms with Crippen LogP contribution in [0, 0.1) is 5.92 Å². The number of nitrogens with zero attached hydrogens (tertiary/aromatic N) is 1. The minimum absolute atomic E-state index is 0.0738. The third-order valence-electron chi connectivity index (χ3n) is 4.31. The van der Waals surface area contributed by atoms with Gasteiger partial charge in [-0.15, -0.1) is 0 Å². The molecule has 1 fully saturated rings. The minimum atomic E-state index is -0.689. The van der Waals surface area contributed by atoms with E-state index >= 15 is 0 Å². The molecule has 0 radical (unpaired) electrons. The molecule has 0 amide bonds. The normalized spacial score (nSPS) is 23.5. The molecule has 2 unspecified atom stereocenters. The van der Waals surface area contributed by atoms with Gasteiger partial charge in [0.25, 0.3) is 0 Å². The number of carbonyl (C=O) groups is 1. The number of carboxylic acid groups (broad SMARTS) is 1. The van der Waals surface area contributed by atoms with E-state index in [2.05, 4.69) is 9.88 Å². The molecule has 0 saturated carbocycles. The molecule has 1 aromatic heterocycles. The number of benzene rings is 1. The molecular weight excluding hydrogens is 276 g/mol. The summed E-state index contributed by atoms with van der Waals surface area (Å²) in [6.07, 6.45) is 2.71. The summed E-state index contributed by atoms with van der Waals surface area (Å²) in [5.74, 6) is -0.944. The first-order valence-electron chi connectivity index (χ1n) is 6.78. The highest BCUT2D eigenvalue weighted by Gasteiger charge is 2.35. The highest BCUT2D eigenvalue weighted by molar-refractivity contribution is 6.31. The highest BCUT2D eigenvalue weighted by atomic mass is 35.5. The lowest BCUT2D eigenvalue weighted by Gasteiger charge is -2.22. The SMILES string of the molecule is CC1C(C(=O)O)CCN1Cc1c[nH]c2cc(Cl)ccc12. The van der Waals surface area contributed by atoms with Gasteiger partial charge in [0.15, 0.2) is 0 Å². The Labute approximate surface area is 122 Å². The molecule has 1 aliphatic heterocycles. The number of hydrogen-bond donors (Lipinski definition) is 2. The lowest BCUT2D eigenvalue weighted by molar-refractivity contribution is -0.142. The summed E-state index contributed by atoms with van der Waals surface area (Å²) < 4.78 is 0. The zero-order valence-electron chi connectivity index (χ0n) is 11.3. The number of halogens is 1. The van der Waals surface area contributed by atoms with Gasteiger partial charge in [0.05, 0.1) is 5.92 Å². The fraction of sp³-hybridized carbons (Fsp3) is 0.400. The van der Waals surface area contributed by atoms with Gasteiger partial charge in [0.2, 0.25) is 0 Å². The van der Waals surface area contributed by atoms with Gasteiger partial charge in [-0.25, -0.2) is 0 Å². The molecule has 20 heavy (non-hydrogen) atoms. The van der Waals surface area contributed by atoms with Crippen LogP contribution < -0.4 is 0 Å². The van der Waals surface area contributed by atoms with Gasteiger partial charge in [-0.1, -0.05) is 17.7 Å². The Balaban J connectivity index is 1.82. The van der Waals surface area contributed by atoms with Gasteiger partial charge in [0, 0.05) is 34.7 Å². The first-order chi connectivity index (χ1) is 9.56. The predicted octanol–water partition coefficient (Wildman–Crippen LogP) is 3.12. The molecule has 4 nitrogen and oxygen atoms in total. The largest absolute Gasteiger partial charge is 0.481 e. The fourth-order valence-corrected chi connectivity index (χ4v) is 3.24. The summed E-state index contributed by atoms with van der Waals surface area (Å²) in [7, 11) is 0.